The number of aromatic nitrogens is 3. The molecule has 1 saturated heterocycles. The molecule has 2 aromatic heterocycles. The van der Waals surface area contributed by atoms with E-state index < -0.39 is 0 Å². The number of carbonyl (C=O) groups is 1. The van der Waals surface area contributed by atoms with E-state index in [-0.39, 0.29) is 11.9 Å². The first-order valence-electron chi connectivity index (χ1n) is 7.91. The summed E-state index contributed by atoms with van der Waals surface area (Å²) < 4.78 is 1.78. The minimum atomic E-state index is 0.184. The summed E-state index contributed by atoms with van der Waals surface area (Å²) >= 11 is 0. The predicted molar refractivity (Wildman–Crippen MR) is 84.1 cm³/mol. The first-order valence-corrected chi connectivity index (χ1v) is 7.91. The van der Waals surface area contributed by atoms with Crippen LogP contribution in [0.4, 0.5) is 0 Å². The fourth-order valence-electron chi connectivity index (χ4n) is 3.15. The summed E-state index contributed by atoms with van der Waals surface area (Å²) in [4.78, 5) is 18.9. The van der Waals surface area contributed by atoms with Gasteiger partial charge in [0, 0.05) is 38.6 Å². The number of piperidine rings is 1. The van der Waals surface area contributed by atoms with Gasteiger partial charge in [0.25, 0.3) is 0 Å². The van der Waals surface area contributed by atoms with Crippen molar-refractivity contribution in [3.63, 3.8) is 0 Å². The van der Waals surface area contributed by atoms with E-state index in [0.717, 1.165) is 36.9 Å². The maximum atomic E-state index is 12.6. The molecule has 2 aromatic rings. The highest BCUT2D eigenvalue weighted by atomic mass is 16.2. The molecular formula is C17H22N4O. The standard InChI is InChI=1S/C17H22N4O/c1-20-13-14(11-19-20)7-8-17(22)21-10-3-2-6-16(21)15-5-4-9-18-12-15/h4-5,9,11-13,16H,2-3,6-8,10H2,1H3/t16-/m1/s1. The van der Waals surface area contributed by atoms with Crippen molar-refractivity contribution >= 4 is 5.91 Å². The average molecular weight is 298 g/mol. The molecule has 22 heavy (non-hydrogen) atoms. The molecule has 0 spiro atoms. The topological polar surface area (TPSA) is 51.0 Å². The van der Waals surface area contributed by atoms with Crippen LogP contribution in [0.1, 0.15) is 42.9 Å². The Morgan fingerprint density at radius 2 is 2.27 bits per heavy atom. The number of pyridine rings is 1. The Labute approximate surface area is 131 Å². The zero-order valence-electron chi connectivity index (χ0n) is 13.0. The second-order valence-electron chi connectivity index (χ2n) is 5.91. The van der Waals surface area contributed by atoms with Crippen LogP contribution < -0.4 is 0 Å². The summed E-state index contributed by atoms with van der Waals surface area (Å²) in [5.41, 5.74) is 2.27. The molecule has 0 aromatic carbocycles. The van der Waals surface area contributed by atoms with Gasteiger partial charge in [-0.05, 0) is 42.9 Å². The minimum Gasteiger partial charge on any atom is -0.336 e. The van der Waals surface area contributed by atoms with Crippen LogP contribution >= 0.6 is 0 Å². The summed E-state index contributed by atoms with van der Waals surface area (Å²) in [7, 11) is 1.90. The van der Waals surface area contributed by atoms with Gasteiger partial charge in [-0.2, -0.15) is 5.10 Å². The number of amides is 1. The smallest absolute Gasteiger partial charge is 0.223 e. The summed E-state index contributed by atoms with van der Waals surface area (Å²) in [6.45, 7) is 0.853. The van der Waals surface area contributed by atoms with E-state index in [1.807, 2.05) is 36.6 Å². The molecule has 1 atom stereocenters. The van der Waals surface area contributed by atoms with E-state index in [0.29, 0.717) is 6.42 Å². The molecule has 3 heterocycles. The molecule has 5 heteroatoms. The highest BCUT2D eigenvalue weighted by Gasteiger charge is 2.27. The third kappa shape index (κ3) is 3.35. The molecule has 0 bridgehead atoms. The van der Waals surface area contributed by atoms with Gasteiger partial charge in [0.2, 0.25) is 5.91 Å². The zero-order chi connectivity index (χ0) is 15.4. The number of hydrogen-bond acceptors (Lipinski definition) is 3. The Bertz CT molecular complexity index is 623. The van der Waals surface area contributed by atoms with Crippen LogP contribution in [0.2, 0.25) is 0 Å². The van der Waals surface area contributed by atoms with Gasteiger partial charge in [0.1, 0.15) is 0 Å². The summed E-state index contributed by atoms with van der Waals surface area (Å²) in [5, 5.41) is 4.15. The van der Waals surface area contributed by atoms with E-state index in [1.54, 1.807) is 10.9 Å². The van der Waals surface area contributed by atoms with Gasteiger partial charge in [-0.3, -0.25) is 14.5 Å². The van der Waals surface area contributed by atoms with Crippen molar-refractivity contribution in [1.82, 2.24) is 19.7 Å². The van der Waals surface area contributed by atoms with E-state index in [1.165, 1.54) is 6.42 Å². The average Bonchev–Trinajstić information content (AvgIpc) is 2.99. The van der Waals surface area contributed by atoms with Crippen LogP contribution in [-0.4, -0.2) is 32.1 Å². The van der Waals surface area contributed by atoms with Crippen LogP contribution in [0.15, 0.2) is 36.9 Å². The molecule has 1 aliphatic rings. The normalized spacial score (nSPS) is 18.4. The Hall–Kier alpha value is -2.17. The third-order valence-corrected chi connectivity index (χ3v) is 4.28. The summed E-state index contributed by atoms with van der Waals surface area (Å²) in [6.07, 6.45) is 12.1. The second-order valence-corrected chi connectivity index (χ2v) is 5.91. The molecule has 1 aliphatic heterocycles. The van der Waals surface area contributed by atoms with Crippen LogP contribution in [0, 0.1) is 0 Å². The molecule has 3 rings (SSSR count). The fourth-order valence-corrected chi connectivity index (χ4v) is 3.15. The molecule has 116 valence electrons. The highest BCUT2D eigenvalue weighted by molar-refractivity contribution is 5.77. The summed E-state index contributed by atoms with van der Waals surface area (Å²) in [5.74, 6) is 0.234. The maximum Gasteiger partial charge on any atom is 0.223 e. The highest BCUT2D eigenvalue weighted by Crippen LogP contribution is 2.31. The van der Waals surface area contributed by atoms with Crippen LogP contribution in [-0.2, 0) is 18.3 Å². The fraction of sp³-hybridized carbons (Fsp3) is 0.471. The monoisotopic (exact) mass is 298 g/mol. The van der Waals surface area contributed by atoms with Gasteiger partial charge in [-0.25, -0.2) is 0 Å². The molecule has 0 unspecified atom stereocenters. The Morgan fingerprint density at radius 1 is 1.36 bits per heavy atom. The lowest BCUT2D eigenvalue weighted by Gasteiger charge is -2.36. The Morgan fingerprint density at radius 3 is 3.00 bits per heavy atom. The molecule has 0 aliphatic carbocycles. The first-order chi connectivity index (χ1) is 10.7. The van der Waals surface area contributed by atoms with Gasteiger partial charge in [0.05, 0.1) is 12.2 Å². The van der Waals surface area contributed by atoms with E-state index in [4.69, 9.17) is 0 Å². The van der Waals surface area contributed by atoms with Gasteiger partial charge in [-0.1, -0.05) is 6.07 Å². The van der Waals surface area contributed by atoms with Crippen molar-refractivity contribution in [1.29, 1.82) is 0 Å². The van der Waals surface area contributed by atoms with E-state index in [2.05, 4.69) is 16.1 Å². The lowest BCUT2D eigenvalue weighted by atomic mass is 9.95. The van der Waals surface area contributed by atoms with Gasteiger partial charge < -0.3 is 4.90 Å². The van der Waals surface area contributed by atoms with Crippen molar-refractivity contribution in [3.8, 4) is 0 Å². The number of rotatable bonds is 4. The quantitative estimate of drug-likeness (QED) is 0.871. The predicted octanol–water partition coefficient (Wildman–Crippen LogP) is 2.50. The molecule has 5 nitrogen and oxygen atoms in total. The number of likely N-dealkylation sites (tertiary alicyclic amines) is 1. The number of carbonyl (C=O) groups excluding carboxylic acids is 1. The van der Waals surface area contributed by atoms with Crippen LogP contribution in [0.3, 0.4) is 0 Å². The van der Waals surface area contributed by atoms with Crippen molar-refractivity contribution in [2.75, 3.05) is 6.54 Å². The SMILES string of the molecule is Cn1cc(CCC(=O)N2CCCC[C@@H]2c2cccnc2)cn1. The van der Waals surface area contributed by atoms with Crippen molar-refractivity contribution in [3.05, 3.63) is 48.0 Å². The molecule has 0 N–H and O–H groups in total. The van der Waals surface area contributed by atoms with Gasteiger partial charge in [-0.15, -0.1) is 0 Å². The zero-order valence-corrected chi connectivity index (χ0v) is 13.0. The molecule has 0 radical (unpaired) electrons. The Kier molecular flexibility index (Phi) is 4.51. The van der Waals surface area contributed by atoms with E-state index in [9.17, 15) is 4.79 Å². The van der Waals surface area contributed by atoms with E-state index >= 15 is 0 Å². The molecule has 1 fully saturated rings. The Balaban J connectivity index is 1.66. The van der Waals surface area contributed by atoms with Crippen molar-refractivity contribution < 1.29 is 4.79 Å². The largest absolute Gasteiger partial charge is 0.336 e. The number of hydrogen-bond donors (Lipinski definition) is 0. The van der Waals surface area contributed by atoms with Crippen LogP contribution in [0.5, 0.6) is 0 Å². The maximum absolute atomic E-state index is 12.6. The van der Waals surface area contributed by atoms with Gasteiger partial charge >= 0.3 is 0 Å². The third-order valence-electron chi connectivity index (χ3n) is 4.28. The number of nitrogens with zero attached hydrogens (tertiary/aromatic N) is 4. The minimum absolute atomic E-state index is 0.184. The number of aryl methyl sites for hydroxylation is 2. The van der Waals surface area contributed by atoms with Crippen molar-refractivity contribution in [2.24, 2.45) is 7.05 Å². The molecule has 1 amide bonds. The lowest BCUT2D eigenvalue weighted by molar-refractivity contribution is -0.135. The van der Waals surface area contributed by atoms with Gasteiger partial charge in [0.15, 0.2) is 0 Å². The molecular weight excluding hydrogens is 276 g/mol. The molecule has 0 saturated carbocycles. The summed E-state index contributed by atoms with van der Waals surface area (Å²) in [6, 6.07) is 4.20. The first kappa shape index (κ1) is 14.8. The lowest BCUT2D eigenvalue weighted by Crippen LogP contribution is -2.38. The van der Waals surface area contributed by atoms with Crippen molar-refractivity contribution in [2.45, 2.75) is 38.1 Å². The van der Waals surface area contributed by atoms with Crippen LogP contribution in [0.25, 0.3) is 0 Å². The second kappa shape index (κ2) is 6.73.